The number of rotatable bonds is 2. The van der Waals surface area contributed by atoms with Crippen LogP contribution in [0.4, 0.5) is 0 Å². The molecule has 5 nitrogen and oxygen atoms in total. The van der Waals surface area contributed by atoms with E-state index in [1.165, 1.54) is 6.42 Å². The summed E-state index contributed by atoms with van der Waals surface area (Å²) in [7, 11) is 0. The predicted octanol–water partition coefficient (Wildman–Crippen LogP) is 2.20. The van der Waals surface area contributed by atoms with E-state index in [0.29, 0.717) is 5.69 Å². The van der Waals surface area contributed by atoms with Gasteiger partial charge in [0.05, 0.1) is 11.9 Å². The van der Waals surface area contributed by atoms with E-state index in [-0.39, 0.29) is 5.91 Å². The molecular weight excluding hydrogens is 252 g/mol. The minimum atomic E-state index is -0.00969. The number of likely N-dealkylation sites (tertiary alicyclic amines) is 1. The average molecular weight is 270 g/mol. The molecule has 0 bridgehead atoms. The molecule has 104 valence electrons. The second-order valence-corrected chi connectivity index (χ2v) is 5.19. The van der Waals surface area contributed by atoms with Gasteiger partial charge in [0, 0.05) is 13.1 Å². The molecule has 1 saturated heterocycles. The van der Waals surface area contributed by atoms with Gasteiger partial charge in [-0.2, -0.15) is 0 Å². The Morgan fingerprint density at radius 3 is 2.65 bits per heavy atom. The number of aryl methyl sites for hydroxylation is 1. The van der Waals surface area contributed by atoms with E-state index in [2.05, 4.69) is 10.3 Å². The Hall–Kier alpha value is -2.17. The average Bonchev–Trinajstić information content (AvgIpc) is 2.97. The van der Waals surface area contributed by atoms with E-state index in [9.17, 15) is 4.79 Å². The number of carbonyl (C=O) groups excluding carboxylic acids is 1. The second-order valence-electron chi connectivity index (χ2n) is 5.19. The summed E-state index contributed by atoms with van der Waals surface area (Å²) in [6.45, 7) is 3.68. The van der Waals surface area contributed by atoms with Crippen LogP contribution in [0.2, 0.25) is 0 Å². The molecule has 1 aromatic heterocycles. The van der Waals surface area contributed by atoms with Gasteiger partial charge in [0.2, 0.25) is 0 Å². The SMILES string of the molecule is Cc1ccccc1-n1cc(C(=O)N2CCCCC2)nn1. The summed E-state index contributed by atoms with van der Waals surface area (Å²) in [5.41, 5.74) is 2.49. The Morgan fingerprint density at radius 2 is 1.90 bits per heavy atom. The Balaban J connectivity index is 1.83. The first-order chi connectivity index (χ1) is 9.75. The molecule has 20 heavy (non-hydrogen) atoms. The van der Waals surface area contributed by atoms with Crippen molar-refractivity contribution in [2.75, 3.05) is 13.1 Å². The minimum Gasteiger partial charge on any atom is -0.337 e. The number of nitrogens with zero attached hydrogens (tertiary/aromatic N) is 4. The number of hydrogen-bond donors (Lipinski definition) is 0. The maximum Gasteiger partial charge on any atom is 0.276 e. The van der Waals surface area contributed by atoms with Gasteiger partial charge < -0.3 is 4.90 Å². The van der Waals surface area contributed by atoms with Gasteiger partial charge in [-0.05, 0) is 37.8 Å². The third kappa shape index (κ3) is 2.43. The summed E-state index contributed by atoms with van der Waals surface area (Å²) in [5, 5.41) is 8.11. The number of piperidine rings is 1. The van der Waals surface area contributed by atoms with Crippen LogP contribution in [0.5, 0.6) is 0 Å². The first kappa shape index (κ1) is 12.8. The van der Waals surface area contributed by atoms with Gasteiger partial charge >= 0.3 is 0 Å². The fourth-order valence-electron chi connectivity index (χ4n) is 2.56. The molecule has 2 heterocycles. The number of hydrogen-bond acceptors (Lipinski definition) is 3. The standard InChI is InChI=1S/C15H18N4O/c1-12-7-3-4-8-14(12)19-11-13(16-17-19)15(20)18-9-5-2-6-10-18/h3-4,7-8,11H,2,5-6,9-10H2,1H3. The summed E-state index contributed by atoms with van der Waals surface area (Å²) in [5.74, 6) is -0.00969. The van der Waals surface area contributed by atoms with E-state index >= 15 is 0 Å². The van der Waals surface area contributed by atoms with Gasteiger partial charge in [0.15, 0.2) is 5.69 Å². The van der Waals surface area contributed by atoms with Crippen LogP contribution in [0, 0.1) is 6.92 Å². The van der Waals surface area contributed by atoms with E-state index in [4.69, 9.17) is 0 Å². The largest absolute Gasteiger partial charge is 0.337 e. The van der Waals surface area contributed by atoms with Crippen LogP contribution in [0.25, 0.3) is 5.69 Å². The van der Waals surface area contributed by atoms with E-state index in [0.717, 1.165) is 37.2 Å². The Bertz CT molecular complexity index is 614. The van der Waals surface area contributed by atoms with Crippen LogP contribution >= 0.6 is 0 Å². The van der Waals surface area contributed by atoms with Crippen molar-refractivity contribution in [3.63, 3.8) is 0 Å². The van der Waals surface area contributed by atoms with E-state index < -0.39 is 0 Å². The van der Waals surface area contributed by atoms with Crippen LogP contribution < -0.4 is 0 Å². The third-order valence-corrected chi connectivity index (χ3v) is 3.72. The fraction of sp³-hybridized carbons (Fsp3) is 0.400. The second kappa shape index (κ2) is 5.45. The van der Waals surface area contributed by atoms with Crippen LogP contribution in [0.15, 0.2) is 30.5 Å². The van der Waals surface area contributed by atoms with E-state index in [1.54, 1.807) is 10.9 Å². The zero-order valence-electron chi connectivity index (χ0n) is 11.6. The smallest absolute Gasteiger partial charge is 0.276 e. The Kier molecular flexibility index (Phi) is 3.50. The van der Waals surface area contributed by atoms with Gasteiger partial charge in [0.25, 0.3) is 5.91 Å². The fourth-order valence-corrected chi connectivity index (χ4v) is 2.56. The van der Waals surface area contributed by atoms with Crippen molar-refractivity contribution in [3.05, 3.63) is 41.7 Å². The molecule has 3 rings (SSSR count). The molecule has 0 atom stereocenters. The molecule has 0 aliphatic carbocycles. The molecule has 5 heteroatoms. The van der Waals surface area contributed by atoms with Crippen LogP contribution in [-0.4, -0.2) is 38.9 Å². The van der Waals surface area contributed by atoms with Crippen LogP contribution in [0.1, 0.15) is 35.3 Å². The lowest BCUT2D eigenvalue weighted by molar-refractivity contribution is 0.0718. The number of para-hydroxylation sites is 1. The highest BCUT2D eigenvalue weighted by molar-refractivity contribution is 5.92. The number of benzene rings is 1. The van der Waals surface area contributed by atoms with Crippen LogP contribution in [-0.2, 0) is 0 Å². The molecule has 1 amide bonds. The zero-order valence-corrected chi connectivity index (χ0v) is 11.6. The lowest BCUT2D eigenvalue weighted by Gasteiger charge is -2.25. The highest BCUT2D eigenvalue weighted by Crippen LogP contribution is 2.15. The quantitative estimate of drug-likeness (QED) is 0.840. The van der Waals surface area contributed by atoms with Crippen molar-refractivity contribution < 1.29 is 4.79 Å². The third-order valence-electron chi connectivity index (χ3n) is 3.72. The molecule has 1 aliphatic rings. The first-order valence-corrected chi connectivity index (χ1v) is 7.03. The van der Waals surface area contributed by atoms with Gasteiger partial charge in [-0.1, -0.05) is 23.4 Å². The van der Waals surface area contributed by atoms with Crippen molar-refractivity contribution in [2.24, 2.45) is 0 Å². The minimum absolute atomic E-state index is 0.00969. The van der Waals surface area contributed by atoms with Crippen molar-refractivity contribution in [1.82, 2.24) is 19.9 Å². The number of carbonyl (C=O) groups is 1. The molecular formula is C15H18N4O. The lowest BCUT2D eigenvalue weighted by Crippen LogP contribution is -2.35. The first-order valence-electron chi connectivity index (χ1n) is 7.03. The van der Waals surface area contributed by atoms with Gasteiger partial charge in [-0.3, -0.25) is 4.79 Å². The van der Waals surface area contributed by atoms with Crippen molar-refractivity contribution in [2.45, 2.75) is 26.2 Å². The molecule has 0 spiro atoms. The molecule has 1 fully saturated rings. The Labute approximate surface area is 118 Å². The summed E-state index contributed by atoms with van der Waals surface area (Å²) >= 11 is 0. The normalized spacial score (nSPS) is 15.3. The number of aromatic nitrogens is 3. The summed E-state index contributed by atoms with van der Waals surface area (Å²) in [6, 6.07) is 7.92. The van der Waals surface area contributed by atoms with Crippen molar-refractivity contribution >= 4 is 5.91 Å². The highest BCUT2D eigenvalue weighted by Gasteiger charge is 2.21. The van der Waals surface area contributed by atoms with Crippen molar-refractivity contribution in [1.29, 1.82) is 0 Å². The number of amides is 1. The molecule has 0 saturated carbocycles. The van der Waals surface area contributed by atoms with Crippen molar-refractivity contribution in [3.8, 4) is 5.69 Å². The summed E-state index contributed by atoms with van der Waals surface area (Å²) in [4.78, 5) is 14.2. The molecule has 1 aromatic carbocycles. The monoisotopic (exact) mass is 270 g/mol. The van der Waals surface area contributed by atoms with Gasteiger partial charge in [-0.25, -0.2) is 4.68 Å². The summed E-state index contributed by atoms with van der Waals surface area (Å²) < 4.78 is 1.67. The molecule has 2 aromatic rings. The highest BCUT2D eigenvalue weighted by atomic mass is 16.2. The van der Waals surface area contributed by atoms with E-state index in [1.807, 2.05) is 36.1 Å². The molecule has 0 N–H and O–H groups in total. The molecule has 1 aliphatic heterocycles. The topological polar surface area (TPSA) is 51.0 Å². The van der Waals surface area contributed by atoms with Crippen LogP contribution in [0.3, 0.4) is 0 Å². The molecule has 0 radical (unpaired) electrons. The lowest BCUT2D eigenvalue weighted by atomic mass is 10.1. The van der Waals surface area contributed by atoms with Gasteiger partial charge in [-0.15, -0.1) is 5.10 Å². The summed E-state index contributed by atoms with van der Waals surface area (Å²) in [6.07, 6.45) is 5.09. The van der Waals surface area contributed by atoms with Gasteiger partial charge in [0.1, 0.15) is 0 Å². The zero-order chi connectivity index (χ0) is 13.9. The molecule has 0 unspecified atom stereocenters. The maximum atomic E-state index is 12.3. The predicted molar refractivity (Wildman–Crippen MR) is 75.9 cm³/mol. The maximum absolute atomic E-state index is 12.3. The Morgan fingerprint density at radius 1 is 1.15 bits per heavy atom.